The molecule has 0 spiro atoms. The molecule has 3 rings (SSSR count). The fourth-order valence-corrected chi connectivity index (χ4v) is 4.48. The zero-order valence-corrected chi connectivity index (χ0v) is 20.7. The quantitative estimate of drug-likeness (QED) is 0.407. The lowest BCUT2D eigenvalue weighted by atomic mass is 9.75. The van der Waals surface area contributed by atoms with Gasteiger partial charge in [0, 0.05) is 11.3 Å². The van der Waals surface area contributed by atoms with E-state index in [1.54, 1.807) is 36.4 Å². The molecule has 1 aliphatic carbocycles. The van der Waals surface area contributed by atoms with Crippen molar-refractivity contribution < 1.29 is 28.7 Å². The molecule has 2 aromatic carbocycles. The van der Waals surface area contributed by atoms with Crippen molar-refractivity contribution in [3.05, 3.63) is 65.2 Å². The number of amides is 1. The van der Waals surface area contributed by atoms with Crippen molar-refractivity contribution in [3.8, 4) is 0 Å². The summed E-state index contributed by atoms with van der Waals surface area (Å²) in [6.07, 6.45) is 2.72. The van der Waals surface area contributed by atoms with Crippen LogP contribution in [0.5, 0.6) is 0 Å². The van der Waals surface area contributed by atoms with Gasteiger partial charge in [0.05, 0.1) is 11.1 Å². The SMILES string of the molecule is CC(=O)c1ccc(NC(=O)COC(=O)c2ccccc2C(=O)O[C@@H]2C[C@@H](C)CC[C@@H]2C(C)C)cc1. The Hall–Kier alpha value is -3.48. The van der Waals surface area contributed by atoms with E-state index in [1.807, 2.05) is 0 Å². The number of carbonyl (C=O) groups excluding carboxylic acids is 4. The first-order chi connectivity index (χ1) is 16.7. The topological polar surface area (TPSA) is 98.8 Å². The second-order valence-corrected chi connectivity index (χ2v) is 9.57. The van der Waals surface area contributed by atoms with Gasteiger partial charge in [0.15, 0.2) is 12.4 Å². The Kier molecular flexibility index (Phi) is 8.79. The molecule has 1 fully saturated rings. The van der Waals surface area contributed by atoms with Gasteiger partial charge in [0.25, 0.3) is 5.91 Å². The second kappa shape index (κ2) is 11.8. The fourth-order valence-electron chi connectivity index (χ4n) is 4.48. The Morgan fingerprint density at radius 3 is 2.17 bits per heavy atom. The van der Waals surface area contributed by atoms with Crippen LogP contribution in [-0.4, -0.2) is 36.3 Å². The summed E-state index contributed by atoms with van der Waals surface area (Å²) in [5, 5.41) is 2.61. The highest BCUT2D eigenvalue weighted by molar-refractivity contribution is 6.04. The van der Waals surface area contributed by atoms with Crippen molar-refractivity contribution in [2.45, 2.75) is 53.1 Å². The molecule has 7 nitrogen and oxygen atoms in total. The van der Waals surface area contributed by atoms with E-state index in [2.05, 4.69) is 26.1 Å². The first kappa shape index (κ1) is 26.1. The normalized spacial score (nSPS) is 19.6. The Morgan fingerprint density at radius 1 is 0.943 bits per heavy atom. The highest BCUT2D eigenvalue weighted by Gasteiger charge is 2.34. The molecule has 0 unspecified atom stereocenters. The molecule has 35 heavy (non-hydrogen) atoms. The molecule has 3 atom stereocenters. The van der Waals surface area contributed by atoms with E-state index in [0.717, 1.165) is 19.3 Å². The lowest BCUT2D eigenvalue weighted by Gasteiger charge is -2.36. The van der Waals surface area contributed by atoms with Gasteiger partial charge in [0.1, 0.15) is 6.10 Å². The van der Waals surface area contributed by atoms with Crippen molar-refractivity contribution >= 4 is 29.3 Å². The Bertz CT molecular complexity index is 1080. The molecular formula is C28H33NO6. The molecule has 7 heteroatoms. The molecule has 186 valence electrons. The van der Waals surface area contributed by atoms with Crippen LogP contribution >= 0.6 is 0 Å². The van der Waals surface area contributed by atoms with E-state index in [4.69, 9.17) is 9.47 Å². The predicted octanol–water partition coefficient (Wildman–Crippen LogP) is 5.30. The number of ether oxygens (including phenoxy) is 2. The first-order valence-corrected chi connectivity index (χ1v) is 12.0. The first-order valence-electron chi connectivity index (χ1n) is 12.0. The van der Waals surface area contributed by atoms with Crippen LogP contribution in [0, 0.1) is 17.8 Å². The van der Waals surface area contributed by atoms with Crippen LogP contribution in [0.2, 0.25) is 0 Å². The highest BCUT2D eigenvalue weighted by atomic mass is 16.5. The average molecular weight is 480 g/mol. The average Bonchev–Trinajstić information content (AvgIpc) is 2.82. The minimum absolute atomic E-state index is 0.0565. The third-order valence-corrected chi connectivity index (χ3v) is 6.50. The van der Waals surface area contributed by atoms with Crippen molar-refractivity contribution in [3.63, 3.8) is 0 Å². The van der Waals surface area contributed by atoms with Gasteiger partial charge in [-0.1, -0.05) is 39.3 Å². The summed E-state index contributed by atoms with van der Waals surface area (Å²) < 4.78 is 11.1. The zero-order valence-electron chi connectivity index (χ0n) is 20.7. The number of hydrogen-bond donors (Lipinski definition) is 1. The van der Waals surface area contributed by atoms with Crippen LogP contribution in [0.25, 0.3) is 0 Å². The van der Waals surface area contributed by atoms with Gasteiger partial charge in [-0.3, -0.25) is 9.59 Å². The maximum Gasteiger partial charge on any atom is 0.339 e. The molecule has 1 saturated carbocycles. The molecule has 0 saturated heterocycles. The molecule has 0 radical (unpaired) electrons. The summed E-state index contributed by atoms with van der Waals surface area (Å²) >= 11 is 0. The van der Waals surface area contributed by atoms with E-state index < -0.39 is 24.5 Å². The van der Waals surface area contributed by atoms with Crippen LogP contribution < -0.4 is 5.32 Å². The summed E-state index contributed by atoms with van der Waals surface area (Å²) in [5.41, 5.74) is 1.18. The number of esters is 2. The number of rotatable bonds is 8. The summed E-state index contributed by atoms with van der Waals surface area (Å²) in [7, 11) is 0. The molecule has 1 N–H and O–H groups in total. The highest BCUT2D eigenvalue weighted by Crippen LogP contribution is 2.35. The van der Waals surface area contributed by atoms with Gasteiger partial charge < -0.3 is 14.8 Å². The number of ketones is 1. The van der Waals surface area contributed by atoms with E-state index >= 15 is 0 Å². The maximum absolute atomic E-state index is 13.0. The summed E-state index contributed by atoms with van der Waals surface area (Å²) in [4.78, 5) is 49.3. The van der Waals surface area contributed by atoms with Gasteiger partial charge in [-0.15, -0.1) is 0 Å². The molecule has 0 bridgehead atoms. The standard InChI is InChI=1S/C28H33NO6/c1-17(2)22-14-9-18(3)15-25(22)35-28(33)24-8-6-5-7-23(24)27(32)34-16-26(31)29-21-12-10-20(11-13-21)19(4)30/h5-8,10-13,17-18,22,25H,9,14-16H2,1-4H3,(H,29,31)/t18-,22+,25+/m0/s1. The summed E-state index contributed by atoms with van der Waals surface area (Å²) in [5.74, 6) is -0.814. The number of hydrogen-bond acceptors (Lipinski definition) is 6. The molecule has 0 aliphatic heterocycles. The van der Waals surface area contributed by atoms with Crippen LogP contribution in [-0.2, 0) is 14.3 Å². The number of anilines is 1. The van der Waals surface area contributed by atoms with E-state index in [-0.39, 0.29) is 28.9 Å². The zero-order chi connectivity index (χ0) is 25.5. The summed E-state index contributed by atoms with van der Waals surface area (Å²) in [6.45, 7) is 7.36. The van der Waals surface area contributed by atoms with Crippen molar-refractivity contribution in [2.24, 2.45) is 17.8 Å². The van der Waals surface area contributed by atoms with Crippen LogP contribution in [0.15, 0.2) is 48.5 Å². The van der Waals surface area contributed by atoms with Crippen LogP contribution in [0.1, 0.15) is 78.0 Å². The summed E-state index contributed by atoms with van der Waals surface area (Å²) in [6, 6.07) is 12.7. The lowest BCUT2D eigenvalue weighted by molar-refractivity contribution is -0.119. The van der Waals surface area contributed by atoms with Crippen LogP contribution in [0.3, 0.4) is 0 Å². The van der Waals surface area contributed by atoms with Gasteiger partial charge in [-0.2, -0.15) is 0 Å². The van der Waals surface area contributed by atoms with Crippen molar-refractivity contribution in [1.29, 1.82) is 0 Å². The number of Topliss-reactive ketones (excluding diaryl/α,β-unsaturated/α-hetero) is 1. The third-order valence-electron chi connectivity index (χ3n) is 6.50. The lowest BCUT2D eigenvalue weighted by Crippen LogP contribution is -2.36. The Balaban J connectivity index is 1.62. The molecule has 1 aliphatic rings. The van der Waals surface area contributed by atoms with Gasteiger partial charge >= 0.3 is 11.9 Å². The van der Waals surface area contributed by atoms with Crippen molar-refractivity contribution in [1.82, 2.24) is 0 Å². The molecule has 0 heterocycles. The predicted molar refractivity (Wildman–Crippen MR) is 132 cm³/mol. The smallest absolute Gasteiger partial charge is 0.339 e. The van der Waals surface area contributed by atoms with E-state index in [9.17, 15) is 19.2 Å². The number of carbonyl (C=O) groups is 4. The Morgan fingerprint density at radius 2 is 1.57 bits per heavy atom. The number of benzene rings is 2. The van der Waals surface area contributed by atoms with Crippen LogP contribution in [0.4, 0.5) is 5.69 Å². The van der Waals surface area contributed by atoms with Gasteiger partial charge in [-0.05, 0) is 73.9 Å². The van der Waals surface area contributed by atoms with Gasteiger partial charge in [0.2, 0.25) is 0 Å². The maximum atomic E-state index is 13.0. The monoisotopic (exact) mass is 479 g/mol. The van der Waals surface area contributed by atoms with Crippen molar-refractivity contribution in [2.75, 3.05) is 11.9 Å². The Labute approximate surface area is 206 Å². The number of nitrogens with one attached hydrogen (secondary N) is 1. The molecule has 1 amide bonds. The largest absolute Gasteiger partial charge is 0.458 e. The molecule has 0 aromatic heterocycles. The second-order valence-electron chi connectivity index (χ2n) is 9.57. The minimum atomic E-state index is -0.781. The van der Waals surface area contributed by atoms with Gasteiger partial charge in [-0.25, -0.2) is 9.59 Å². The van der Waals surface area contributed by atoms with E-state index in [1.165, 1.54) is 19.1 Å². The third kappa shape index (κ3) is 7.01. The van der Waals surface area contributed by atoms with E-state index in [0.29, 0.717) is 23.1 Å². The molecular weight excluding hydrogens is 446 g/mol. The minimum Gasteiger partial charge on any atom is -0.458 e. The fraction of sp³-hybridized carbons (Fsp3) is 0.429. The molecule has 2 aromatic rings.